The Morgan fingerprint density at radius 1 is 1.23 bits per heavy atom. The van der Waals surface area contributed by atoms with Gasteiger partial charge in [-0.15, -0.1) is 0 Å². The van der Waals surface area contributed by atoms with Crippen molar-refractivity contribution in [3.63, 3.8) is 0 Å². The number of hydrogen-bond donors (Lipinski definition) is 1. The number of carbonyl (C=O) groups is 1. The highest BCUT2D eigenvalue weighted by molar-refractivity contribution is 14.1. The zero-order valence-electron chi connectivity index (χ0n) is 11.6. The van der Waals surface area contributed by atoms with Gasteiger partial charge in [0.05, 0.1) is 12.6 Å². The summed E-state index contributed by atoms with van der Waals surface area (Å²) in [5.74, 6) is -0.821. The number of aromatic nitrogens is 2. The van der Waals surface area contributed by atoms with Gasteiger partial charge >= 0.3 is 5.97 Å². The summed E-state index contributed by atoms with van der Waals surface area (Å²) in [7, 11) is 1.45. The molecule has 22 heavy (non-hydrogen) atoms. The van der Waals surface area contributed by atoms with E-state index in [0.29, 0.717) is 16.6 Å². The van der Waals surface area contributed by atoms with Gasteiger partial charge in [-0.05, 0) is 40.8 Å². The van der Waals surface area contributed by atoms with Crippen molar-refractivity contribution in [2.45, 2.75) is 0 Å². The quantitative estimate of drug-likeness (QED) is 0.673. The van der Waals surface area contributed by atoms with Crippen LogP contribution in [0.4, 0.5) is 0 Å². The number of fused-ring (bicyclic) bond motifs is 1. The lowest BCUT2D eigenvalue weighted by Crippen LogP contribution is -2.05. The van der Waals surface area contributed by atoms with Gasteiger partial charge < -0.3 is 9.84 Å². The molecule has 110 valence electrons. The van der Waals surface area contributed by atoms with E-state index in [9.17, 15) is 9.90 Å². The number of nitrogens with zero attached hydrogens (tertiary/aromatic N) is 2. The Balaban J connectivity index is 2.39. The highest BCUT2D eigenvalue weighted by Gasteiger charge is 2.22. The van der Waals surface area contributed by atoms with E-state index in [1.54, 1.807) is 12.3 Å². The molecule has 0 spiro atoms. The van der Waals surface area contributed by atoms with Gasteiger partial charge in [0.1, 0.15) is 11.3 Å². The molecule has 0 saturated heterocycles. The Kier molecular flexibility index (Phi) is 3.93. The molecular weight excluding hydrogens is 395 g/mol. The standard InChI is InChI=1S/C16H11IN2O3/c1-22-15-13(16(20)21)11-8-18-7-6-12(11)19-14(15)9-2-4-10(17)5-3-9/h2-8H,1H3,(H,20,21). The molecule has 0 bridgehead atoms. The van der Waals surface area contributed by atoms with Crippen LogP contribution in [0, 0.1) is 3.57 Å². The van der Waals surface area contributed by atoms with Crippen LogP contribution in [0.3, 0.4) is 0 Å². The predicted octanol–water partition coefficient (Wildman–Crippen LogP) is 3.61. The molecule has 0 unspecified atom stereocenters. The second-order valence-corrected chi connectivity index (χ2v) is 5.82. The maximum atomic E-state index is 11.7. The van der Waals surface area contributed by atoms with Crippen LogP contribution in [0.5, 0.6) is 5.75 Å². The van der Waals surface area contributed by atoms with Crippen LogP contribution in [0.2, 0.25) is 0 Å². The Morgan fingerprint density at radius 3 is 2.59 bits per heavy atom. The fourth-order valence-electron chi connectivity index (χ4n) is 2.30. The molecule has 1 aromatic carbocycles. The Bertz CT molecular complexity index is 863. The maximum Gasteiger partial charge on any atom is 0.340 e. The van der Waals surface area contributed by atoms with Gasteiger partial charge in [-0.25, -0.2) is 9.78 Å². The molecule has 5 nitrogen and oxygen atoms in total. The molecule has 0 atom stereocenters. The molecule has 2 heterocycles. The summed E-state index contributed by atoms with van der Waals surface area (Å²) in [5.41, 5.74) is 1.96. The molecule has 0 aliphatic rings. The summed E-state index contributed by atoms with van der Waals surface area (Å²) in [6, 6.07) is 9.36. The van der Waals surface area contributed by atoms with E-state index in [2.05, 4.69) is 32.6 Å². The van der Waals surface area contributed by atoms with Crippen LogP contribution in [0.15, 0.2) is 42.7 Å². The van der Waals surface area contributed by atoms with Crippen LogP contribution in [-0.4, -0.2) is 28.2 Å². The number of hydrogen-bond acceptors (Lipinski definition) is 4. The molecule has 2 aromatic heterocycles. The van der Waals surface area contributed by atoms with Gasteiger partial charge in [-0.3, -0.25) is 4.98 Å². The lowest BCUT2D eigenvalue weighted by Gasteiger charge is -2.13. The van der Waals surface area contributed by atoms with Gasteiger partial charge in [0.25, 0.3) is 0 Å². The number of ether oxygens (including phenoxy) is 1. The molecule has 0 fully saturated rings. The minimum atomic E-state index is -1.07. The lowest BCUT2D eigenvalue weighted by molar-refractivity contribution is 0.0695. The van der Waals surface area contributed by atoms with Crippen molar-refractivity contribution in [2.75, 3.05) is 7.11 Å². The maximum absolute atomic E-state index is 11.7. The van der Waals surface area contributed by atoms with Crippen molar-refractivity contribution in [3.05, 3.63) is 51.9 Å². The van der Waals surface area contributed by atoms with Crippen LogP contribution in [0.1, 0.15) is 10.4 Å². The van der Waals surface area contributed by atoms with Crippen molar-refractivity contribution in [3.8, 4) is 17.0 Å². The minimum absolute atomic E-state index is 0.0779. The van der Waals surface area contributed by atoms with Crippen molar-refractivity contribution >= 4 is 39.5 Å². The first kappa shape index (κ1) is 14.7. The number of carboxylic acids is 1. The lowest BCUT2D eigenvalue weighted by atomic mass is 10.0. The van der Waals surface area contributed by atoms with E-state index in [0.717, 1.165) is 9.13 Å². The summed E-state index contributed by atoms with van der Waals surface area (Å²) >= 11 is 2.21. The van der Waals surface area contributed by atoms with Crippen LogP contribution >= 0.6 is 22.6 Å². The number of benzene rings is 1. The topological polar surface area (TPSA) is 72.3 Å². The molecule has 0 aliphatic carbocycles. The number of aromatic carboxylic acids is 1. The molecule has 6 heteroatoms. The van der Waals surface area contributed by atoms with E-state index in [1.165, 1.54) is 13.3 Å². The van der Waals surface area contributed by atoms with Gasteiger partial charge in [0, 0.05) is 26.9 Å². The summed E-state index contributed by atoms with van der Waals surface area (Å²) in [5, 5.41) is 10.0. The van der Waals surface area contributed by atoms with E-state index < -0.39 is 5.97 Å². The van der Waals surface area contributed by atoms with Crippen molar-refractivity contribution in [1.82, 2.24) is 9.97 Å². The fraction of sp³-hybridized carbons (Fsp3) is 0.0625. The minimum Gasteiger partial charge on any atom is -0.494 e. The van der Waals surface area contributed by atoms with Gasteiger partial charge in [-0.1, -0.05) is 12.1 Å². The van der Waals surface area contributed by atoms with Crippen molar-refractivity contribution in [1.29, 1.82) is 0 Å². The monoisotopic (exact) mass is 406 g/mol. The Morgan fingerprint density at radius 2 is 1.95 bits per heavy atom. The molecule has 1 N–H and O–H groups in total. The number of methoxy groups -OCH3 is 1. The second-order valence-electron chi connectivity index (χ2n) is 4.57. The zero-order chi connectivity index (χ0) is 15.7. The first-order valence-corrected chi connectivity index (χ1v) is 7.50. The summed E-state index contributed by atoms with van der Waals surface area (Å²) < 4.78 is 6.44. The molecular formula is C16H11IN2O3. The van der Waals surface area contributed by atoms with E-state index in [-0.39, 0.29) is 11.3 Å². The van der Waals surface area contributed by atoms with Crippen LogP contribution < -0.4 is 4.74 Å². The highest BCUT2D eigenvalue weighted by atomic mass is 127. The highest BCUT2D eigenvalue weighted by Crippen LogP contribution is 2.36. The predicted molar refractivity (Wildman–Crippen MR) is 91.2 cm³/mol. The average molecular weight is 406 g/mol. The smallest absolute Gasteiger partial charge is 0.340 e. The number of halogens is 1. The normalized spacial score (nSPS) is 10.6. The average Bonchev–Trinajstić information content (AvgIpc) is 2.53. The second kappa shape index (κ2) is 5.88. The van der Waals surface area contributed by atoms with Crippen molar-refractivity contribution in [2.24, 2.45) is 0 Å². The Labute approximate surface area is 140 Å². The third-order valence-electron chi connectivity index (χ3n) is 3.28. The molecule has 0 amide bonds. The molecule has 0 saturated carbocycles. The number of rotatable bonds is 3. The molecule has 3 aromatic rings. The third-order valence-corrected chi connectivity index (χ3v) is 4.00. The van der Waals surface area contributed by atoms with Gasteiger partial charge in [0.15, 0.2) is 5.75 Å². The van der Waals surface area contributed by atoms with E-state index >= 15 is 0 Å². The number of pyridine rings is 2. The zero-order valence-corrected chi connectivity index (χ0v) is 13.7. The largest absolute Gasteiger partial charge is 0.494 e. The first-order valence-electron chi connectivity index (χ1n) is 6.42. The fourth-order valence-corrected chi connectivity index (χ4v) is 2.66. The molecule has 0 aliphatic heterocycles. The first-order chi connectivity index (χ1) is 10.6. The summed E-state index contributed by atoms with van der Waals surface area (Å²) in [6.07, 6.45) is 3.08. The van der Waals surface area contributed by atoms with Crippen molar-refractivity contribution < 1.29 is 14.6 Å². The van der Waals surface area contributed by atoms with Gasteiger partial charge in [-0.2, -0.15) is 0 Å². The Hall–Kier alpha value is -2.22. The number of carboxylic acid groups (broad SMARTS) is 1. The van der Waals surface area contributed by atoms with E-state index in [4.69, 9.17) is 4.74 Å². The van der Waals surface area contributed by atoms with Crippen LogP contribution in [0.25, 0.3) is 22.2 Å². The third kappa shape index (κ3) is 2.50. The van der Waals surface area contributed by atoms with E-state index in [1.807, 2.05) is 24.3 Å². The SMILES string of the molecule is COc1c(-c2ccc(I)cc2)nc2ccncc2c1C(=O)O. The summed E-state index contributed by atoms with van der Waals surface area (Å²) in [4.78, 5) is 20.2. The van der Waals surface area contributed by atoms with Crippen LogP contribution in [-0.2, 0) is 0 Å². The molecule has 0 radical (unpaired) electrons. The molecule has 3 rings (SSSR count). The summed E-state index contributed by atoms with van der Waals surface area (Å²) in [6.45, 7) is 0. The van der Waals surface area contributed by atoms with Gasteiger partial charge in [0.2, 0.25) is 0 Å².